The van der Waals surface area contributed by atoms with Crippen LogP contribution in [0.25, 0.3) is 6.08 Å². The Bertz CT molecular complexity index is 1130. The van der Waals surface area contributed by atoms with Gasteiger partial charge < -0.3 is 15.1 Å². The molecule has 2 heterocycles. The molecule has 33 heavy (non-hydrogen) atoms. The smallest absolute Gasteiger partial charge is 0.244 e. The van der Waals surface area contributed by atoms with Gasteiger partial charge in [0.2, 0.25) is 5.91 Å². The van der Waals surface area contributed by atoms with Crippen LogP contribution >= 0.6 is 0 Å². The third-order valence-corrected chi connectivity index (χ3v) is 5.72. The number of halogens is 2. The summed E-state index contributed by atoms with van der Waals surface area (Å²) < 4.78 is 26.8. The summed E-state index contributed by atoms with van der Waals surface area (Å²) in [6, 6.07) is 17.1. The van der Waals surface area contributed by atoms with Gasteiger partial charge in [0.1, 0.15) is 17.5 Å². The molecule has 7 heteroatoms. The molecule has 0 radical (unpaired) electrons. The number of carbonyl (C=O) groups excluding carboxylic acids is 1. The topological polar surface area (TPSA) is 48.5 Å². The Morgan fingerprint density at radius 3 is 2.52 bits per heavy atom. The van der Waals surface area contributed by atoms with E-state index in [1.165, 1.54) is 18.2 Å². The summed E-state index contributed by atoms with van der Waals surface area (Å²) in [5.74, 6) is -0.708. The summed E-state index contributed by atoms with van der Waals surface area (Å²) in [5, 5.41) is 2.90. The predicted molar refractivity (Wildman–Crippen MR) is 127 cm³/mol. The van der Waals surface area contributed by atoms with E-state index in [-0.39, 0.29) is 17.5 Å². The normalized spacial score (nSPS) is 15.0. The Balaban J connectivity index is 1.35. The number of anilines is 2. The van der Waals surface area contributed by atoms with Crippen molar-refractivity contribution in [3.8, 4) is 0 Å². The summed E-state index contributed by atoms with van der Waals surface area (Å²) in [6.07, 6.45) is 4.41. The minimum Gasteiger partial charge on any atom is -0.368 e. The van der Waals surface area contributed by atoms with Gasteiger partial charge in [0.25, 0.3) is 0 Å². The van der Waals surface area contributed by atoms with E-state index >= 15 is 0 Å². The zero-order valence-corrected chi connectivity index (χ0v) is 18.4. The number of hydrogen-bond donors (Lipinski definition) is 1. The van der Waals surface area contributed by atoms with E-state index in [0.717, 1.165) is 55.4 Å². The van der Waals surface area contributed by atoms with E-state index in [0.29, 0.717) is 0 Å². The number of benzene rings is 2. The van der Waals surface area contributed by atoms with E-state index in [4.69, 9.17) is 0 Å². The van der Waals surface area contributed by atoms with Crippen molar-refractivity contribution >= 4 is 23.5 Å². The molecule has 3 aromatic rings. The molecule has 170 valence electrons. The molecule has 1 amide bonds. The van der Waals surface area contributed by atoms with Gasteiger partial charge in [-0.3, -0.25) is 4.79 Å². The number of piperazine rings is 1. The van der Waals surface area contributed by atoms with Gasteiger partial charge in [-0.1, -0.05) is 18.2 Å². The van der Waals surface area contributed by atoms with Crippen LogP contribution in [0.3, 0.4) is 0 Å². The maximum atomic E-state index is 13.7. The van der Waals surface area contributed by atoms with Crippen molar-refractivity contribution in [1.29, 1.82) is 0 Å². The molecule has 0 spiro atoms. The summed E-state index contributed by atoms with van der Waals surface area (Å²) in [4.78, 5) is 21.4. The third kappa shape index (κ3) is 5.74. The predicted octanol–water partition coefficient (Wildman–Crippen LogP) is 4.58. The molecule has 1 N–H and O–H groups in total. The number of nitrogens with one attached hydrogen (secondary N) is 1. The Morgan fingerprint density at radius 2 is 1.79 bits per heavy atom. The highest BCUT2D eigenvalue weighted by Crippen LogP contribution is 2.23. The Kier molecular flexibility index (Phi) is 6.98. The maximum Gasteiger partial charge on any atom is 0.244 e. The number of carbonyl (C=O) groups is 1. The molecule has 1 atom stereocenters. The van der Waals surface area contributed by atoms with E-state index in [2.05, 4.69) is 32.2 Å². The van der Waals surface area contributed by atoms with Crippen LogP contribution in [0.5, 0.6) is 0 Å². The first kappa shape index (κ1) is 22.5. The van der Waals surface area contributed by atoms with Crippen molar-refractivity contribution in [2.24, 2.45) is 0 Å². The molecule has 5 nitrogen and oxygen atoms in total. The fourth-order valence-electron chi connectivity index (χ4n) is 3.87. The highest BCUT2D eigenvalue weighted by Gasteiger charge is 2.19. The standard InChI is InChI=1S/C26H26F2N4O/c1-19(30-26(33)11-9-20-8-10-22(27)18-24(20)28)21-5-4-6-23(17-21)31-13-15-32(16-14-31)25-7-2-3-12-29-25/h2-12,17-19H,13-16H2,1H3,(H,30,33)/t19-/m0/s1. The van der Waals surface area contributed by atoms with Crippen molar-refractivity contribution in [2.75, 3.05) is 36.0 Å². The molecule has 1 aromatic heterocycles. The number of nitrogens with zero attached hydrogens (tertiary/aromatic N) is 3. The van der Waals surface area contributed by atoms with Crippen LogP contribution in [-0.4, -0.2) is 37.1 Å². The minimum atomic E-state index is -0.706. The van der Waals surface area contributed by atoms with E-state index in [1.807, 2.05) is 43.5 Å². The molecule has 4 rings (SSSR count). The lowest BCUT2D eigenvalue weighted by Crippen LogP contribution is -2.46. The van der Waals surface area contributed by atoms with Gasteiger partial charge in [-0.25, -0.2) is 13.8 Å². The number of amides is 1. The van der Waals surface area contributed by atoms with E-state index < -0.39 is 11.6 Å². The third-order valence-electron chi connectivity index (χ3n) is 5.72. The second kappa shape index (κ2) is 10.3. The first-order valence-corrected chi connectivity index (χ1v) is 10.9. The molecular weight excluding hydrogens is 422 g/mol. The second-order valence-electron chi connectivity index (χ2n) is 7.99. The number of pyridine rings is 1. The summed E-state index contributed by atoms with van der Waals surface area (Å²) in [5.41, 5.74) is 2.25. The molecule has 2 aromatic carbocycles. The number of hydrogen-bond acceptors (Lipinski definition) is 4. The quantitative estimate of drug-likeness (QED) is 0.561. The summed E-state index contributed by atoms with van der Waals surface area (Å²) in [7, 11) is 0. The van der Waals surface area contributed by atoms with Crippen molar-refractivity contribution in [2.45, 2.75) is 13.0 Å². The van der Waals surface area contributed by atoms with Crippen molar-refractivity contribution in [3.63, 3.8) is 0 Å². The molecule has 0 unspecified atom stereocenters. The fourth-order valence-corrected chi connectivity index (χ4v) is 3.87. The van der Waals surface area contributed by atoms with Gasteiger partial charge in [-0.15, -0.1) is 0 Å². The molecule has 0 aliphatic carbocycles. The van der Waals surface area contributed by atoms with Crippen LogP contribution in [0.1, 0.15) is 24.1 Å². The van der Waals surface area contributed by atoms with Crippen LogP contribution in [0.2, 0.25) is 0 Å². The van der Waals surface area contributed by atoms with Crippen LogP contribution < -0.4 is 15.1 Å². The van der Waals surface area contributed by atoms with Gasteiger partial charge in [0, 0.05) is 55.8 Å². The molecule has 1 aliphatic heterocycles. The van der Waals surface area contributed by atoms with Crippen molar-refractivity contribution in [1.82, 2.24) is 10.3 Å². The van der Waals surface area contributed by atoms with Crippen molar-refractivity contribution in [3.05, 3.63) is 95.7 Å². The fraction of sp³-hybridized carbons (Fsp3) is 0.231. The first-order chi connectivity index (χ1) is 16.0. The highest BCUT2D eigenvalue weighted by atomic mass is 19.1. The van der Waals surface area contributed by atoms with Gasteiger partial charge in [-0.05, 0) is 55.0 Å². The minimum absolute atomic E-state index is 0.158. The molecular formula is C26H26F2N4O. The molecule has 1 fully saturated rings. The average Bonchev–Trinajstić information content (AvgIpc) is 2.84. The lowest BCUT2D eigenvalue weighted by Gasteiger charge is -2.37. The average molecular weight is 449 g/mol. The summed E-state index contributed by atoms with van der Waals surface area (Å²) in [6.45, 7) is 5.44. The van der Waals surface area contributed by atoms with Gasteiger partial charge >= 0.3 is 0 Å². The van der Waals surface area contributed by atoms with E-state index in [1.54, 1.807) is 0 Å². The van der Waals surface area contributed by atoms with Crippen LogP contribution in [0.15, 0.2) is 72.9 Å². The van der Waals surface area contributed by atoms with Crippen LogP contribution in [-0.2, 0) is 4.79 Å². The number of aromatic nitrogens is 1. The molecule has 1 saturated heterocycles. The van der Waals surface area contributed by atoms with Gasteiger partial charge in [0.05, 0.1) is 6.04 Å². The number of rotatable bonds is 6. The SMILES string of the molecule is C[C@H](NC(=O)C=Cc1ccc(F)cc1F)c1cccc(N2CCN(c3ccccn3)CC2)c1. The molecule has 0 saturated carbocycles. The maximum absolute atomic E-state index is 13.7. The Labute approximate surface area is 192 Å². The Morgan fingerprint density at radius 1 is 1.00 bits per heavy atom. The van der Waals surface area contributed by atoms with Gasteiger partial charge in [-0.2, -0.15) is 0 Å². The largest absolute Gasteiger partial charge is 0.368 e. The summed E-state index contributed by atoms with van der Waals surface area (Å²) >= 11 is 0. The van der Waals surface area contributed by atoms with Crippen molar-refractivity contribution < 1.29 is 13.6 Å². The molecule has 0 bridgehead atoms. The molecule has 1 aliphatic rings. The van der Waals surface area contributed by atoms with E-state index in [9.17, 15) is 13.6 Å². The monoisotopic (exact) mass is 448 g/mol. The van der Waals surface area contributed by atoms with Crippen LogP contribution in [0, 0.1) is 11.6 Å². The zero-order valence-electron chi connectivity index (χ0n) is 18.4. The second-order valence-corrected chi connectivity index (χ2v) is 7.99. The highest BCUT2D eigenvalue weighted by molar-refractivity contribution is 5.92. The lowest BCUT2D eigenvalue weighted by atomic mass is 10.1. The Hall–Kier alpha value is -3.74. The van der Waals surface area contributed by atoms with Crippen LogP contribution in [0.4, 0.5) is 20.3 Å². The zero-order chi connectivity index (χ0) is 23.2. The van der Waals surface area contributed by atoms with Gasteiger partial charge in [0.15, 0.2) is 0 Å². The lowest BCUT2D eigenvalue weighted by molar-refractivity contribution is -0.117. The first-order valence-electron chi connectivity index (χ1n) is 10.9.